The molecule has 0 aromatic carbocycles. The SMILES string of the molecule is CCn1c(=O)[nH]c(=O)c2c1nc(Cc1cn3cc(C)sc3n1)n2Cc1ccccn1. The second kappa shape index (κ2) is 7.06. The molecule has 5 heterocycles. The highest BCUT2D eigenvalue weighted by Crippen LogP contribution is 2.20. The van der Waals surface area contributed by atoms with Gasteiger partial charge in [0, 0.05) is 36.4 Å². The molecule has 30 heavy (non-hydrogen) atoms. The Balaban J connectivity index is 1.69. The number of aryl methyl sites for hydroxylation is 2. The molecule has 1 N–H and O–H groups in total. The Morgan fingerprint density at radius 2 is 1.97 bits per heavy atom. The highest BCUT2D eigenvalue weighted by Gasteiger charge is 2.20. The molecule has 0 saturated heterocycles. The zero-order valence-corrected chi connectivity index (χ0v) is 17.3. The monoisotopic (exact) mass is 421 g/mol. The first-order valence-corrected chi connectivity index (χ1v) is 10.4. The highest BCUT2D eigenvalue weighted by atomic mass is 32.1. The lowest BCUT2D eigenvalue weighted by atomic mass is 10.3. The minimum atomic E-state index is -0.456. The summed E-state index contributed by atoms with van der Waals surface area (Å²) in [6, 6.07) is 5.64. The van der Waals surface area contributed by atoms with Crippen LogP contribution in [0.5, 0.6) is 0 Å². The lowest BCUT2D eigenvalue weighted by molar-refractivity contribution is 0.717. The average Bonchev–Trinajstić information content (AvgIpc) is 3.35. The summed E-state index contributed by atoms with van der Waals surface area (Å²) in [4.78, 5) is 43.3. The number of rotatable bonds is 5. The lowest BCUT2D eigenvalue weighted by Crippen LogP contribution is -2.30. The van der Waals surface area contributed by atoms with Crippen molar-refractivity contribution >= 4 is 27.5 Å². The number of hydrogen-bond donors (Lipinski definition) is 1. The van der Waals surface area contributed by atoms with E-state index in [0.29, 0.717) is 36.5 Å². The molecule has 0 aliphatic heterocycles. The van der Waals surface area contributed by atoms with Gasteiger partial charge in [-0.3, -0.25) is 23.7 Å². The van der Waals surface area contributed by atoms with Gasteiger partial charge in [0.25, 0.3) is 5.56 Å². The number of nitrogens with one attached hydrogen (secondary N) is 1. The van der Waals surface area contributed by atoms with Crippen molar-refractivity contribution in [2.45, 2.75) is 33.4 Å². The first-order chi connectivity index (χ1) is 14.5. The van der Waals surface area contributed by atoms with Crippen LogP contribution < -0.4 is 11.2 Å². The van der Waals surface area contributed by atoms with Crippen LogP contribution in [0.4, 0.5) is 0 Å². The maximum absolute atomic E-state index is 12.7. The summed E-state index contributed by atoms with van der Waals surface area (Å²) in [6.07, 6.45) is 6.16. The number of aromatic amines is 1. The highest BCUT2D eigenvalue weighted by molar-refractivity contribution is 7.16. The molecule has 0 radical (unpaired) electrons. The van der Waals surface area contributed by atoms with Crippen molar-refractivity contribution in [2.24, 2.45) is 0 Å². The van der Waals surface area contributed by atoms with Gasteiger partial charge in [-0.25, -0.2) is 14.8 Å². The van der Waals surface area contributed by atoms with Crippen LogP contribution in [0.1, 0.15) is 29.0 Å². The van der Waals surface area contributed by atoms with E-state index in [2.05, 4.69) is 15.0 Å². The first-order valence-electron chi connectivity index (χ1n) is 9.59. The molecule has 0 amide bonds. The van der Waals surface area contributed by atoms with Crippen molar-refractivity contribution in [1.82, 2.24) is 33.5 Å². The summed E-state index contributed by atoms with van der Waals surface area (Å²) >= 11 is 1.62. The van der Waals surface area contributed by atoms with E-state index in [-0.39, 0.29) is 0 Å². The van der Waals surface area contributed by atoms with Gasteiger partial charge in [-0.15, -0.1) is 11.3 Å². The maximum Gasteiger partial charge on any atom is 0.330 e. The van der Waals surface area contributed by atoms with Crippen molar-refractivity contribution in [2.75, 3.05) is 0 Å². The van der Waals surface area contributed by atoms with Gasteiger partial charge in [-0.2, -0.15) is 0 Å². The molecule has 9 nitrogen and oxygen atoms in total. The van der Waals surface area contributed by atoms with Gasteiger partial charge < -0.3 is 4.57 Å². The normalized spacial score (nSPS) is 11.7. The van der Waals surface area contributed by atoms with Crippen LogP contribution in [0.3, 0.4) is 0 Å². The zero-order valence-electron chi connectivity index (χ0n) is 16.5. The standard InChI is InChI=1S/C20H19N7O2S/c1-3-26-17-16(18(28)24-19(26)29)27(11-13-6-4-5-7-21-13)15(23-17)8-14-10-25-9-12(2)30-20(25)22-14/h4-7,9-10H,3,8,11H2,1-2H3,(H,24,28,29). The maximum atomic E-state index is 12.7. The van der Waals surface area contributed by atoms with Crippen molar-refractivity contribution < 1.29 is 0 Å². The van der Waals surface area contributed by atoms with Crippen molar-refractivity contribution in [3.63, 3.8) is 0 Å². The molecule has 0 aliphatic carbocycles. The third kappa shape index (κ3) is 3.05. The molecule has 0 saturated carbocycles. The predicted octanol–water partition coefficient (Wildman–Crippen LogP) is 1.96. The topological polar surface area (TPSA) is 103 Å². The Morgan fingerprint density at radius 3 is 2.70 bits per heavy atom. The number of aromatic nitrogens is 7. The fourth-order valence-corrected chi connectivity index (χ4v) is 4.50. The second-order valence-corrected chi connectivity index (χ2v) is 8.26. The molecule has 5 aromatic rings. The number of H-pyrrole nitrogens is 1. The van der Waals surface area contributed by atoms with E-state index >= 15 is 0 Å². The predicted molar refractivity (Wildman–Crippen MR) is 114 cm³/mol. The third-order valence-corrected chi connectivity index (χ3v) is 5.90. The number of thiazole rings is 1. The van der Waals surface area contributed by atoms with E-state index < -0.39 is 11.2 Å². The van der Waals surface area contributed by atoms with Gasteiger partial charge in [-0.05, 0) is 26.0 Å². The fourth-order valence-electron chi connectivity index (χ4n) is 3.68. The number of nitrogens with zero attached hydrogens (tertiary/aromatic N) is 6. The lowest BCUT2D eigenvalue weighted by Gasteiger charge is -2.08. The van der Waals surface area contributed by atoms with Crippen molar-refractivity contribution in [1.29, 1.82) is 0 Å². The number of hydrogen-bond acceptors (Lipinski definition) is 6. The van der Waals surface area contributed by atoms with E-state index in [4.69, 9.17) is 4.98 Å². The molecule has 10 heteroatoms. The summed E-state index contributed by atoms with van der Waals surface area (Å²) in [5.74, 6) is 0.663. The van der Waals surface area contributed by atoms with Crippen LogP contribution in [0.2, 0.25) is 0 Å². The minimum absolute atomic E-state index is 0.369. The quantitative estimate of drug-likeness (QED) is 0.467. The van der Waals surface area contributed by atoms with Crippen LogP contribution in [-0.2, 0) is 19.5 Å². The summed E-state index contributed by atoms with van der Waals surface area (Å²) in [5, 5.41) is 0. The van der Waals surface area contributed by atoms with Crippen LogP contribution in [0.15, 0.2) is 46.4 Å². The van der Waals surface area contributed by atoms with Gasteiger partial charge in [0.2, 0.25) is 0 Å². The van der Waals surface area contributed by atoms with E-state index in [1.54, 1.807) is 17.5 Å². The van der Waals surface area contributed by atoms with Gasteiger partial charge in [0.15, 0.2) is 16.1 Å². The largest absolute Gasteiger partial charge is 0.330 e. The molecule has 5 rings (SSSR count). The third-order valence-electron chi connectivity index (χ3n) is 4.99. The average molecular weight is 421 g/mol. The summed E-state index contributed by atoms with van der Waals surface area (Å²) in [5.41, 5.74) is 1.50. The van der Waals surface area contributed by atoms with E-state index in [0.717, 1.165) is 16.3 Å². The van der Waals surface area contributed by atoms with E-state index in [9.17, 15) is 9.59 Å². The molecule has 0 atom stereocenters. The van der Waals surface area contributed by atoms with Crippen molar-refractivity contribution in [3.05, 3.63) is 79.7 Å². The molecule has 0 unspecified atom stereocenters. The molecule has 0 spiro atoms. The van der Waals surface area contributed by atoms with Gasteiger partial charge >= 0.3 is 5.69 Å². The molecule has 5 aromatic heterocycles. The molecule has 0 aliphatic rings. The Labute approximate surface area is 174 Å². The number of pyridine rings is 1. The Hall–Kier alpha value is -3.53. The molecule has 0 fully saturated rings. The fraction of sp³-hybridized carbons (Fsp3) is 0.250. The van der Waals surface area contributed by atoms with Gasteiger partial charge in [0.1, 0.15) is 5.82 Å². The molecule has 0 bridgehead atoms. The number of imidazole rings is 2. The summed E-state index contributed by atoms with van der Waals surface area (Å²) in [6.45, 7) is 4.68. The van der Waals surface area contributed by atoms with Gasteiger partial charge in [0.05, 0.1) is 17.9 Å². The zero-order chi connectivity index (χ0) is 20.8. The smallest absolute Gasteiger partial charge is 0.316 e. The molecule has 152 valence electrons. The first kappa shape index (κ1) is 18.5. The Bertz CT molecular complexity index is 1460. The van der Waals surface area contributed by atoms with Crippen LogP contribution >= 0.6 is 11.3 Å². The Morgan fingerprint density at radius 1 is 1.10 bits per heavy atom. The molecular weight excluding hydrogens is 402 g/mol. The van der Waals surface area contributed by atoms with Crippen LogP contribution in [0.25, 0.3) is 16.1 Å². The Kier molecular flexibility index (Phi) is 4.35. The van der Waals surface area contributed by atoms with E-state index in [1.165, 1.54) is 9.44 Å². The minimum Gasteiger partial charge on any atom is -0.316 e. The van der Waals surface area contributed by atoms with Crippen molar-refractivity contribution in [3.8, 4) is 0 Å². The van der Waals surface area contributed by atoms with Gasteiger partial charge in [-0.1, -0.05) is 6.07 Å². The summed E-state index contributed by atoms with van der Waals surface area (Å²) < 4.78 is 5.31. The van der Waals surface area contributed by atoms with E-state index in [1.807, 2.05) is 53.4 Å². The van der Waals surface area contributed by atoms with Crippen LogP contribution in [0, 0.1) is 6.92 Å². The number of fused-ring (bicyclic) bond motifs is 2. The van der Waals surface area contributed by atoms with Crippen LogP contribution in [-0.4, -0.2) is 33.5 Å². The second-order valence-electron chi connectivity index (χ2n) is 7.05. The summed E-state index contributed by atoms with van der Waals surface area (Å²) in [7, 11) is 0. The molecular formula is C20H19N7O2S.